The molecule has 0 spiro atoms. The van der Waals surface area contributed by atoms with Gasteiger partial charge >= 0.3 is 0 Å². The molecule has 6 heteroatoms. The summed E-state index contributed by atoms with van der Waals surface area (Å²) in [7, 11) is 0. The van der Waals surface area contributed by atoms with E-state index in [1.54, 1.807) is 0 Å². The molecule has 4 rings (SSSR count). The van der Waals surface area contributed by atoms with Crippen molar-refractivity contribution in [2.24, 2.45) is 17.8 Å². The van der Waals surface area contributed by atoms with Gasteiger partial charge in [-0.3, -0.25) is 9.69 Å². The molecule has 3 atom stereocenters. The maximum atomic E-state index is 12.8. The molecular formula is C30H48N4O2. The molecule has 1 amide bonds. The number of ether oxygens (including phenoxy) is 1. The maximum absolute atomic E-state index is 12.8. The van der Waals surface area contributed by atoms with E-state index in [0.29, 0.717) is 0 Å². The van der Waals surface area contributed by atoms with Gasteiger partial charge in [0.25, 0.3) is 0 Å². The smallest absolute Gasteiger partial charge is 0.223 e. The molecule has 0 saturated carbocycles. The van der Waals surface area contributed by atoms with E-state index in [-0.39, 0.29) is 18.1 Å². The molecule has 3 heterocycles. The topological polar surface area (TPSA) is 56.8 Å². The van der Waals surface area contributed by atoms with Crippen molar-refractivity contribution in [2.75, 3.05) is 45.8 Å². The van der Waals surface area contributed by atoms with Crippen molar-refractivity contribution in [3.8, 4) is 0 Å². The Morgan fingerprint density at radius 3 is 2.42 bits per heavy atom. The molecule has 0 radical (unpaired) electrons. The van der Waals surface area contributed by atoms with Gasteiger partial charge in [0.15, 0.2) is 6.23 Å². The van der Waals surface area contributed by atoms with Crippen molar-refractivity contribution in [1.29, 1.82) is 0 Å². The molecule has 2 fully saturated rings. The average molecular weight is 497 g/mol. The Morgan fingerprint density at radius 1 is 1.06 bits per heavy atom. The predicted molar refractivity (Wildman–Crippen MR) is 146 cm³/mol. The van der Waals surface area contributed by atoms with E-state index in [1.165, 1.54) is 49.2 Å². The minimum absolute atomic E-state index is 0.102. The van der Waals surface area contributed by atoms with Gasteiger partial charge in [-0.25, -0.2) is 0 Å². The lowest BCUT2D eigenvalue weighted by atomic mass is 9.86. The second kappa shape index (κ2) is 13.0. The first kappa shape index (κ1) is 27.0. The quantitative estimate of drug-likeness (QED) is 0.455. The predicted octanol–water partition coefficient (Wildman–Crippen LogP) is 4.82. The summed E-state index contributed by atoms with van der Waals surface area (Å²) in [6.07, 6.45) is 6.79. The molecular weight excluding hydrogens is 448 g/mol. The van der Waals surface area contributed by atoms with E-state index in [1.807, 2.05) is 0 Å². The zero-order chi connectivity index (χ0) is 25.5. The number of hydrogen-bond acceptors (Lipinski definition) is 5. The van der Waals surface area contributed by atoms with Crippen LogP contribution in [0.3, 0.4) is 0 Å². The number of allylic oxidation sites excluding steroid dienone is 1. The number of amides is 1. The van der Waals surface area contributed by atoms with Gasteiger partial charge in [0.05, 0.1) is 5.70 Å². The summed E-state index contributed by atoms with van der Waals surface area (Å²) < 4.78 is 6.14. The van der Waals surface area contributed by atoms with Crippen LogP contribution in [0, 0.1) is 24.7 Å². The van der Waals surface area contributed by atoms with Crippen LogP contribution in [0.5, 0.6) is 0 Å². The molecule has 1 aromatic carbocycles. The van der Waals surface area contributed by atoms with Crippen LogP contribution in [0.4, 0.5) is 0 Å². The van der Waals surface area contributed by atoms with Crippen molar-refractivity contribution in [1.82, 2.24) is 20.4 Å². The number of aryl methyl sites for hydroxylation is 1. The first-order valence-electron chi connectivity index (χ1n) is 14.4. The number of carbonyl (C=O) groups is 1. The summed E-state index contributed by atoms with van der Waals surface area (Å²) in [5.41, 5.74) is 3.60. The number of nitrogens with one attached hydrogen (secondary N) is 2. The Balaban J connectivity index is 1.14. The fourth-order valence-electron chi connectivity index (χ4n) is 6.15. The van der Waals surface area contributed by atoms with Crippen LogP contribution in [-0.4, -0.2) is 61.5 Å². The van der Waals surface area contributed by atoms with Crippen LogP contribution in [0.25, 0.3) is 0 Å². The Morgan fingerprint density at radius 2 is 1.75 bits per heavy atom. The molecule has 3 aliphatic heterocycles. The van der Waals surface area contributed by atoms with Crippen LogP contribution in [0.15, 0.2) is 35.7 Å². The van der Waals surface area contributed by atoms with Crippen LogP contribution in [0.2, 0.25) is 0 Å². The summed E-state index contributed by atoms with van der Waals surface area (Å²) in [6.45, 7) is 16.0. The molecule has 2 N–H and O–H groups in total. The third-order valence-electron chi connectivity index (χ3n) is 8.64. The largest absolute Gasteiger partial charge is 0.469 e. The Kier molecular flexibility index (Phi) is 9.72. The molecule has 36 heavy (non-hydrogen) atoms. The summed E-state index contributed by atoms with van der Waals surface area (Å²) in [5.74, 6) is 3.08. The standard InChI is InChI=1S/C30H48N4O2/c1-5-24-18-25(6-2)20-34(19-24)15-9-14-31-29(35)26-12-16-33(17-13-26)21-28-23(4)36-30(32-28)27-11-8-7-10-22(27)3/h7-8,10-11,24-26,30,32H,5-6,9,12-21H2,1-4H3,(H,31,35)/t24-,25+,30?. The lowest BCUT2D eigenvalue weighted by Gasteiger charge is -2.37. The third-order valence-corrected chi connectivity index (χ3v) is 8.64. The summed E-state index contributed by atoms with van der Waals surface area (Å²) >= 11 is 0. The van der Waals surface area contributed by atoms with Gasteiger partial charge in [0, 0.05) is 37.7 Å². The van der Waals surface area contributed by atoms with Gasteiger partial charge < -0.3 is 20.3 Å². The van der Waals surface area contributed by atoms with Crippen LogP contribution in [0.1, 0.15) is 76.7 Å². The van der Waals surface area contributed by atoms with Crippen molar-refractivity contribution in [3.63, 3.8) is 0 Å². The SMILES string of the molecule is CC[C@@H]1C[C@H](CC)CN(CCCNC(=O)C2CCN(CC3=C(C)OC(c4ccccc4C)N3)CC2)C1. The molecule has 3 aliphatic rings. The highest BCUT2D eigenvalue weighted by Crippen LogP contribution is 2.30. The Hall–Kier alpha value is -2.05. The van der Waals surface area contributed by atoms with Crippen molar-refractivity contribution >= 4 is 5.91 Å². The van der Waals surface area contributed by atoms with E-state index in [2.05, 4.69) is 72.4 Å². The summed E-state index contributed by atoms with van der Waals surface area (Å²) in [4.78, 5) is 17.9. The maximum Gasteiger partial charge on any atom is 0.223 e. The van der Waals surface area contributed by atoms with E-state index >= 15 is 0 Å². The number of nitrogens with zero attached hydrogens (tertiary/aromatic N) is 2. The fourth-order valence-corrected chi connectivity index (χ4v) is 6.15. The average Bonchev–Trinajstić information content (AvgIpc) is 3.26. The third kappa shape index (κ3) is 7.04. The van der Waals surface area contributed by atoms with E-state index in [0.717, 1.165) is 69.6 Å². The number of benzene rings is 1. The number of carbonyl (C=O) groups excluding carboxylic acids is 1. The highest BCUT2D eigenvalue weighted by Gasteiger charge is 2.29. The molecule has 200 valence electrons. The van der Waals surface area contributed by atoms with Crippen molar-refractivity contribution in [3.05, 3.63) is 46.8 Å². The fraction of sp³-hybridized carbons (Fsp3) is 0.700. The van der Waals surface area contributed by atoms with Gasteiger partial charge in [-0.1, -0.05) is 51.0 Å². The number of hydrogen-bond donors (Lipinski definition) is 2. The Bertz CT molecular complexity index is 881. The molecule has 6 nitrogen and oxygen atoms in total. The molecule has 0 aliphatic carbocycles. The first-order valence-corrected chi connectivity index (χ1v) is 14.4. The highest BCUT2D eigenvalue weighted by atomic mass is 16.5. The number of piperidine rings is 2. The second-order valence-corrected chi connectivity index (χ2v) is 11.3. The van der Waals surface area contributed by atoms with E-state index in [4.69, 9.17) is 4.74 Å². The number of likely N-dealkylation sites (tertiary alicyclic amines) is 2. The Labute approximate surface area is 218 Å². The highest BCUT2D eigenvalue weighted by molar-refractivity contribution is 5.78. The minimum atomic E-state index is -0.102. The zero-order valence-electron chi connectivity index (χ0n) is 23.0. The lowest BCUT2D eigenvalue weighted by Crippen LogP contribution is -2.43. The molecule has 1 aromatic rings. The van der Waals surface area contributed by atoms with Gasteiger partial charge in [0.1, 0.15) is 5.76 Å². The second-order valence-electron chi connectivity index (χ2n) is 11.3. The van der Waals surface area contributed by atoms with E-state index in [9.17, 15) is 4.79 Å². The van der Waals surface area contributed by atoms with Crippen LogP contribution in [-0.2, 0) is 9.53 Å². The monoisotopic (exact) mass is 496 g/mol. The van der Waals surface area contributed by atoms with Crippen molar-refractivity contribution < 1.29 is 9.53 Å². The molecule has 0 bridgehead atoms. The van der Waals surface area contributed by atoms with Crippen LogP contribution >= 0.6 is 0 Å². The normalized spacial score (nSPS) is 26.1. The van der Waals surface area contributed by atoms with E-state index < -0.39 is 0 Å². The van der Waals surface area contributed by atoms with Crippen molar-refractivity contribution in [2.45, 2.75) is 72.4 Å². The molecule has 2 saturated heterocycles. The summed E-state index contributed by atoms with van der Waals surface area (Å²) in [6, 6.07) is 8.38. The van der Waals surface area contributed by atoms with Gasteiger partial charge in [0.2, 0.25) is 5.91 Å². The minimum Gasteiger partial charge on any atom is -0.469 e. The zero-order valence-corrected chi connectivity index (χ0v) is 23.0. The van der Waals surface area contributed by atoms with Gasteiger partial charge in [-0.05, 0) is 76.6 Å². The van der Waals surface area contributed by atoms with Gasteiger partial charge in [-0.2, -0.15) is 0 Å². The summed E-state index contributed by atoms with van der Waals surface area (Å²) in [5, 5.41) is 6.83. The number of rotatable bonds is 10. The molecule has 1 unspecified atom stereocenters. The lowest BCUT2D eigenvalue weighted by molar-refractivity contribution is -0.126. The molecule has 0 aromatic heterocycles. The first-order chi connectivity index (χ1) is 17.5. The van der Waals surface area contributed by atoms with Gasteiger partial charge in [-0.15, -0.1) is 0 Å². The van der Waals surface area contributed by atoms with Crippen LogP contribution < -0.4 is 10.6 Å².